The van der Waals surface area contributed by atoms with Crippen molar-refractivity contribution >= 4 is 41.6 Å². The minimum atomic E-state index is -4.24. The summed E-state index contributed by atoms with van der Waals surface area (Å²) < 4.78 is 59.5. The molecule has 0 bridgehead atoms. The molecule has 0 unspecified atom stereocenters. The van der Waals surface area contributed by atoms with E-state index in [0.717, 1.165) is 19.3 Å². The van der Waals surface area contributed by atoms with Crippen LogP contribution in [0.15, 0.2) is 94.7 Å². The zero-order valence-electron chi connectivity index (χ0n) is 23.0. The Bertz CT molecular complexity index is 1260. The Balaban J connectivity index is 2.25. The summed E-state index contributed by atoms with van der Waals surface area (Å²) in [5, 5.41) is 0. The quantitative estimate of drug-likeness (QED) is 0.157. The average molecular weight is 662 g/mol. The van der Waals surface area contributed by atoms with Crippen molar-refractivity contribution in [1.82, 2.24) is 0 Å². The molecule has 0 N–H and O–H groups in total. The first-order valence-electron chi connectivity index (χ1n) is 13.9. The topological polar surface area (TPSA) is 68.3 Å². The van der Waals surface area contributed by atoms with Crippen LogP contribution in [0.3, 0.4) is 0 Å². The van der Waals surface area contributed by atoms with Crippen molar-refractivity contribution in [3.8, 4) is 0 Å². The van der Waals surface area contributed by atoms with Gasteiger partial charge in [-0.05, 0) is 0 Å². The van der Waals surface area contributed by atoms with Crippen LogP contribution >= 0.6 is 0 Å². The fraction of sp³-hybridized carbons (Fsp3) is 0.419. The van der Waals surface area contributed by atoms with Gasteiger partial charge in [-0.2, -0.15) is 0 Å². The van der Waals surface area contributed by atoms with Crippen molar-refractivity contribution in [1.29, 1.82) is 0 Å². The van der Waals surface area contributed by atoms with E-state index in [1.54, 1.807) is 42.5 Å². The maximum atomic E-state index is 14.1. The predicted octanol–water partition coefficient (Wildman–Crippen LogP) is 7.69. The zero-order valence-corrected chi connectivity index (χ0v) is 27.5. The fourth-order valence-corrected chi connectivity index (χ4v) is 26.0. The minimum absolute atomic E-state index is 0.0210. The summed E-state index contributed by atoms with van der Waals surface area (Å²) in [7, 11) is -8.48. The third kappa shape index (κ3) is 7.10. The molecule has 3 rings (SSSR count). The summed E-state index contributed by atoms with van der Waals surface area (Å²) in [4.78, 5) is 0.0419. The van der Waals surface area contributed by atoms with E-state index in [-0.39, 0.29) is 9.79 Å². The third-order valence-electron chi connectivity index (χ3n) is 7.50. The maximum absolute atomic E-state index is 14.1. The molecule has 0 saturated heterocycles. The van der Waals surface area contributed by atoms with Gasteiger partial charge in [0.05, 0.1) is 0 Å². The second-order valence-corrected chi connectivity index (χ2v) is 27.9. The van der Waals surface area contributed by atoms with E-state index < -0.39 is 42.6 Å². The monoisotopic (exact) mass is 662 g/mol. The van der Waals surface area contributed by atoms with Crippen LogP contribution < -0.4 is 3.58 Å². The van der Waals surface area contributed by atoms with Crippen molar-refractivity contribution < 1.29 is 16.8 Å². The Morgan fingerprint density at radius 1 is 0.579 bits per heavy atom. The number of hydrogen-bond acceptors (Lipinski definition) is 4. The summed E-state index contributed by atoms with van der Waals surface area (Å²) in [6, 6.07) is 23.7. The summed E-state index contributed by atoms with van der Waals surface area (Å²) >= 11 is -2.94. The molecular formula is C31H42O4S2Sn. The molecule has 0 aliphatic heterocycles. The van der Waals surface area contributed by atoms with Gasteiger partial charge in [0.1, 0.15) is 0 Å². The standard InChI is InChI=1S/C19H15O4S2.3C4H9.Sn/c20-24(21,17-12-6-2-7-13-17)19(16-10-4-1-5-11-16)25(22,23)18-14-8-3-9-15-18;3*1-3-4-2;/h1-4,6-15,19H;3*1,3-4H2,2H3;. The van der Waals surface area contributed by atoms with Gasteiger partial charge in [-0.1, -0.05) is 0 Å². The van der Waals surface area contributed by atoms with Crippen molar-refractivity contribution in [2.24, 2.45) is 0 Å². The molecule has 0 radical (unpaired) electrons. The Hall–Kier alpha value is -1.64. The van der Waals surface area contributed by atoms with E-state index in [0.29, 0.717) is 5.56 Å². The number of hydrogen-bond donors (Lipinski definition) is 0. The summed E-state index contributed by atoms with van der Waals surface area (Å²) in [6.45, 7) is 6.67. The summed E-state index contributed by atoms with van der Waals surface area (Å²) in [5.41, 5.74) is 0.362. The zero-order chi connectivity index (χ0) is 27.7. The molecule has 206 valence electrons. The van der Waals surface area contributed by atoms with Crippen molar-refractivity contribution in [3.05, 3.63) is 90.5 Å². The second kappa shape index (κ2) is 14.1. The molecule has 4 nitrogen and oxygen atoms in total. The number of unbranched alkanes of at least 4 members (excludes halogenated alkanes) is 3. The van der Waals surface area contributed by atoms with Gasteiger partial charge in [0.2, 0.25) is 0 Å². The van der Waals surface area contributed by atoms with Crippen LogP contribution in [-0.4, -0.2) is 35.2 Å². The van der Waals surface area contributed by atoms with Gasteiger partial charge in [-0.3, -0.25) is 0 Å². The van der Waals surface area contributed by atoms with E-state index in [9.17, 15) is 16.8 Å². The molecule has 0 amide bonds. The van der Waals surface area contributed by atoms with Crippen molar-refractivity contribution in [3.63, 3.8) is 0 Å². The van der Waals surface area contributed by atoms with Gasteiger partial charge in [0, 0.05) is 0 Å². The molecular weight excluding hydrogens is 619 g/mol. The van der Waals surface area contributed by atoms with Crippen molar-refractivity contribution in [2.75, 3.05) is 0 Å². The Kier molecular flexibility index (Phi) is 11.5. The SMILES string of the molecule is CCC[CH2][Sn]([CH2]CCC)([CH2]CCC)[c]1cccc(C(S(=O)(=O)c2ccccc2)S(=O)(=O)c2ccccc2)c1. The van der Waals surface area contributed by atoms with Crippen LogP contribution in [0.2, 0.25) is 13.3 Å². The number of rotatable bonds is 15. The van der Waals surface area contributed by atoms with Gasteiger partial charge >= 0.3 is 236 Å². The first-order chi connectivity index (χ1) is 18.2. The first kappa shape index (κ1) is 30.9. The molecule has 38 heavy (non-hydrogen) atoms. The van der Waals surface area contributed by atoms with Gasteiger partial charge in [0.15, 0.2) is 0 Å². The average Bonchev–Trinajstić information content (AvgIpc) is 2.94. The Morgan fingerprint density at radius 2 is 1.00 bits per heavy atom. The third-order valence-corrected chi connectivity index (χ3v) is 28.2. The second-order valence-electron chi connectivity index (χ2n) is 10.3. The normalized spacial score (nSPS) is 12.6. The van der Waals surface area contributed by atoms with Crippen LogP contribution in [0.1, 0.15) is 69.4 Å². The van der Waals surface area contributed by atoms with E-state index in [1.165, 1.54) is 60.4 Å². The van der Waals surface area contributed by atoms with E-state index >= 15 is 0 Å². The molecule has 3 aromatic rings. The number of sulfone groups is 2. The summed E-state index contributed by atoms with van der Waals surface area (Å²) in [6.07, 6.45) is 6.89. The van der Waals surface area contributed by atoms with Gasteiger partial charge in [-0.25, -0.2) is 0 Å². The van der Waals surface area contributed by atoms with Crippen LogP contribution in [0, 0.1) is 0 Å². The molecule has 7 heteroatoms. The Morgan fingerprint density at radius 3 is 1.39 bits per heavy atom. The fourth-order valence-electron chi connectivity index (χ4n) is 5.36. The van der Waals surface area contributed by atoms with Gasteiger partial charge in [0.25, 0.3) is 0 Å². The molecule has 3 aromatic carbocycles. The van der Waals surface area contributed by atoms with E-state index in [2.05, 4.69) is 26.8 Å². The van der Waals surface area contributed by atoms with Crippen LogP contribution in [0.4, 0.5) is 0 Å². The van der Waals surface area contributed by atoms with E-state index in [1.807, 2.05) is 12.1 Å². The van der Waals surface area contributed by atoms with Crippen LogP contribution in [0.25, 0.3) is 0 Å². The molecule has 0 spiro atoms. The van der Waals surface area contributed by atoms with Crippen molar-refractivity contribution in [2.45, 2.75) is 87.0 Å². The van der Waals surface area contributed by atoms with Crippen LogP contribution in [-0.2, 0) is 19.7 Å². The molecule has 0 atom stereocenters. The molecule has 0 saturated carbocycles. The van der Waals surface area contributed by atoms with E-state index in [4.69, 9.17) is 0 Å². The van der Waals surface area contributed by atoms with Gasteiger partial charge < -0.3 is 0 Å². The molecule has 0 fully saturated rings. The molecule has 0 aliphatic rings. The first-order valence-corrected chi connectivity index (χ1v) is 24.5. The molecule has 0 aromatic heterocycles. The molecule has 0 aliphatic carbocycles. The number of benzene rings is 3. The summed E-state index contributed by atoms with van der Waals surface area (Å²) in [5.74, 6) is 0. The van der Waals surface area contributed by atoms with Gasteiger partial charge in [-0.15, -0.1) is 0 Å². The predicted molar refractivity (Wildman–Crippen MR) is 161 cm³/mol. The van der Waals surface area contributed by atoms with Crippen LogP contribution in [0.5, 0.6) is 0 Å². The molecule has 0 heterocycles. The Labute approximate surface area is 234 Å².